The van der Waals surface area contributed by atoms with E-state index in [1.165, 1.54) is 0 Å². The van der Waals surface area contributed by atoms with E-state index in [0.717, 1.165) is 6.42 Å². The highest BCUT2D eigenvalue weighted by Gasteiger charge is 2.39. The number of anilines is 1. The summed E-state index contributed by atoms with van der Waals surface area (Å²) in [6, 6.07) is 6.90. The van der Waals surface area contributed by atoms with Crippen LogP contribution in [0, 0.1) is 23.7 Å². The molecule has 0 aromatic heterocycles. The van der Waals surface area contributed by atoms with Gasteiger partial charge in [-0.3, -0.25) is 14.4 Å². The molecule has 2 N–H and O–H groups in total. The number of amides is 2. The molecule has 1 heterocycles. The van der Waals surface area contributed by atoms with Crippen LogP contribution in [0.1, 0.15) is 37.0 Å². The topological polar surface area (TPSA) is 86.7 Å². The first kappa shape index (κ1) is 17.5. The first-order valence-corrected chi connectivity index (χ1v) is 8.80. The van der Waals surface area contributed by atoms with Crippen LogP contribution in [0.2, 0.25) is 0 Å². The third-order valence-corrected chi connectivity index (χ3v) is 5.36. The van der Waals surface area contributed by atoms with E-state index < -0.39 is 5.97 Å². The molecule has 1 aromatic carbocycles. The van der Waals surface area contributed by atoms with Crippen molar-refractivity contribution in [2.45, 2.75) is 26.7 Å². The van der Waals surface area contributed by atoms with Gasteiger partial charge in [0.2, 0.25) is 5.91 Å². The first-order chi connectivity index (χ1) is 11.9. The first-order valence-electron chi connectivity index (χ1n) is 8.80. The molecule has 134 valence electrons. The predicted octanol–water partition coefficient (Wildman–Crippen LogP) is 2.46. The molecule has 2 fully saturated rings. The van der Waals surface area contributed by atoms with Crippen molar-refractivity contribution >= 4 is 23.5 Å². The number of hydrogen-bond donors (Lipinski definition) is 2. The van der Waals surface area contributed by atoms with Crippen LogP contribution in [0.15, 0.2) is 24.3 Å². The van der Waals surface area contributed by atoms with Gasteiger partial charge >= 0.3 is 5.97 Å². The van der Waals surface area contributed by atoms with Crippen LogP contribution in [0.5, 0.6) is 0 Å². The summed E-state index contributed by atoms with van der Waals surface area (Å²) in [5.41, 5.74) is 1.25. The summed E-state index contributed by atoms with van der Waals surface area (Å²) in [5.74, 6) is -0.721. The Morgan fingerprint density at radius 1 is 1.08 bits per heavy atom. The van der Waals surface area contributed by atoms with Gasteiger partial charge in [0.15, 0.2) is 0 Å². The molecule has 4 unspecified atom stereocenters. The van der Waals surface area contributed by atoms with Crippen molar-refractivity contribution in [3.05, 3.63) is 29.8 Å². The summed E-state index contributed by atoms with van der Waals surface area (Å²) in [6.07, 6.45) is 1.42. The third-order valence-electron chi connectivity index (χ3n) is 5.36. The summed E-state index contributed by atoms with van der Waals surface area (Å²) in [4.78, 5) is 37.4. The van der Waals surface area contributed by atoms with Crippen molar-refractivity contribution in [2.24, 2.45) is 23.7 Å². The summed E-state index contributed by atoms with van der Waals surface area (Å²) >= 11 is 0. The number of carboxylic acids is 1. The molecular formula is C19H24N2O4. The molecule has 1 saturated heterocycles. The Kier molecular flexibility index (Phi) is 4.79. The van der Waals surface area contributed by atoms with Crippen molar-refractivity contribution < 1.29 is 19.5 Å². The number of benzene rings is 1. The summed E-state index contributed by atoms with van der Waals surface area (Å²) in [6.45, 7) is 4.84. The normalized spacial score (nSPS) is 28.3. The Morgan fingerprint density at radius 2 is 1.72 bits per heavy atom. The molecule has 0 radical (unpaired) electrons. The lowest BCUT2D eigenvalue weighted by atomic mass is 9.87. The van der Waals surface area contributed by atoms with Gasteiger partial charge in [0, 0.05) is 30.3 Å². The number of carboxylic acid groups (broad SMARTS) is 1. The molecule has 2 amide bonds. The van der Waals surface area contributed by atoms with Crippen molar-refractivity contribution in [2.75, 3.05) is 18.4 Å². The van der Waals surface area contributed by atoms with Crippen LogP contribution in [-0.2, 0) is 9.59 Å². The van der Waals surface area contributed by atoms with Gasteiger partial charge in [-0.05, 0) is 48.9 Å². The monoisotopic (exact) mass is 344 g/mol. The van der Waals surface area contributed by atoms with Crippen LogP contribution in [0.4, 0.5) is 5.69 Å². The van der Waals surface area contributed by atoms with Gasteiger partial charge in [0.1, 0.15) is 0 Å². The highest BCUT2D eigenvalue weighted by Crippen LogP contribution is 2.38. The number of carbonyl (C=O) groups is 3. The molecule has 0 bridgehead atoms. The lowest BCUT2D eigenvalue weighted by molar-refractivity contribution is -0.145. The average molecular weight is 344 g/mol. The number of carbonyl (C=O) groups excluding carboxylic acids is 2. The second-order valence-electron chi connectivity index (χ2n) is 7.35. The van der Waals surface area contributed by atoms with Gasteiger partial charge in [0.05, 0.1) is 5.92 Å². The highest BCUT2D eigenvalue weighted by atomic mass is 16.4. The minimum absolute atomic E-state index is 0.0381. The molecule has 2 aliphatic rings. The maximum atomic E-state index is 12.6. The quantitative estimate of drug-likeness (QED) is 0.878. The van der Waals surface area contributed by atoms with Crippen molar-refractivity contribution in [3.8, 4) is 0 Å². The maximum Gasteiger partial charge on any atom is 0.306 e. The lowest BCUT2D eigenvalue weighted by Crippen LogP contribution is -2.45. The Morgan fingerprint density at radius 3 is 2.24 bits per heavy atom. The number of hydrogen-bond acceptors (Lipinski definition) is 3. The maximum absolute atomic E-state index is 12.6. The molecule has 3 rings (SSSR count). The highest BCUT2D eigenvalue weighted by molar-refractivity contribution is 5.97. The lowest BCUT2D eigenvalue weighted by Gasteiger charge is -2.35. The van der Waals surface area contributed by atoms with Crippen LogP contribution in [0.3, 0.4) is 0 Å². The molecule has 1 saturated carbocycles. The van der Waals surface area contributed by atoms with E-state index in [4.69, 9.17) is 0 Å². The van der Waals surface area contributed by atoms with E-state index in [2.05, 4.69) is 12.2 Å². The van der Waals surface area contributed by atoms with Crippen molar-refractivity contribution in [3.63, 3.8) is 0 Å². The van der Waals surface area contributed by atoms with Crippen molar-refractivity contribution in [1.29, 1.82) is 0 Å². The van der Waals surface area contributed by atoms with Gasteiger partial charge < -0.3 is 15.3 Å². The molecule has 0 spiro atoms. The van der Waals surface area contributed by atoms with E-state index >= 15 is 0 Å². The molecule has 6 nitrogen and oxygen atoms in total. The fraction of sp³-hybridized carbons (Fsp3) is 0.526. The van der Waals surface area contributed by atoms with E-state index in [-0.39, 0.29) is 29.6 Å². The molecule has 4 atom stereocenters. The molecule has 1 aliphatic carbocycles. The smallest absolute Gasteiger partial charge is 0.306 e. The second kappa shape index (κ2) is 6.86. The third kappa shape index (κ3) is 3.83. The Labute approximate surface area is 147 Å². The fourth-order valence-electron chi connectivity index (χ4n) is 3.50. The minimum atomic E-state index is -0.787. The zero-order valence-electron chi connectivity index (χ0n) is 14.6. The largest absolute Gasteiger partial charge is 0.481 e. The number of aliphatic carboxylic acids is 1. The van der Waals surface area contributed by atoms with Gasteiger partial charge in [-0.1, -0.05) is 13.8 Å². The Hall–Kier alpha value is -2.37. The zero-order valence-corrected chi connectivity index (χ0v) is 14.6. The van der Waals surface area contributed by atoms with Crippen LogP contribution in [-0.4, -0.2) is 40.9 Å². The van der Waals surface area contributed by atoms with E-state index in [1.54, 1.807) is 29.2 Å². The molecule has 1 aliphatic heterocycles. The number of nitrogens with one attached hydrogen (secondary N) is 1. The number of likely N-dealkylation sites (tertiary alicyclic amines) is 1. The van der Waals surface area contributed by atoms with Crippen LogP contribution >= 0.6 is 0 Å². The number of nitrogens with zero attached hydrogens (tertiary/aromatic N) is 1. The van der Waals surface area contributed by atoms with Crippen LogP contribution < -0.4 is 5.32 Å². The van der Waals surface area contributed by atoms with Gasteiger partial charge in [-0.25, -0.2) is 0 Å². The van der Waals surface area contributed by atoms with Gasteiger partial charge in [-0.15, -0.1) is 0 Å². The summed E-state index contributed by atoms with van der Waals surface area (Å²) in [5, 5.41) is 12.1. The summed E-state index contributed by atoms with van der Waals surface area (Å²) in [7, 11) is 0. The predicted molar refractivity (Wildman–Crippen MR) is 93.2 cm³/mol. The van der Waals surface area contributed by atoms with Crippen molar-refractivity contribution in [1.82, 2.24) is 4.90 Å². The molecule has 25 heavy (non-hydrogen) atoms. The molecule has 6 heteroatoms. The Balaban J connectivity index is 1.59. The van der Waals surface area contributed by atoms with E-state index in [1.807, 2.05) is 6.92 Å². The minimum Gasteiger partial charge on any atom is -0.481 e. The summed E-state index contributed by atoms with van der Waals surface area (Å²) < 4.78 is 0. The molecular weight excluding hydrogens is 320 g/mol. The fourth-order valence-corrected chi connectivity index (χ4v) is 3.50. The Bertz CT molecular complexity index is 685. The number of rotatable bonds is 4. The average Bonchev–Trinajstić information content (AvgIpc) is 3.31. The van der Waals surface area contributed by atoms with E-state index in [0.29, 0.717) is 36.7 Å². The van der Waals surface area contributed by atoms with Gasteiger partial charge in [-0.2, -0.15) is 0 Å². The zero-order chi connectivity index (χ0) is 18.1. The van der Waals surface area contributed by atoms with Gasteiger partial charge in [0.25, 0.3) is 5.91 Å². The standard InChI is InChI=1S/C19H24N2O4/c1-11-9-16(11)17(22)20-14-5-3-13(4-6-14)18(23)21-8-7-15(19(24)25)12(2)10-21/h3-6,11-12,15-16H,7-10H2,1-2H3,(H,20,22)(H,24,25). The number of piperidine rings is 1. The SMILES string of the molecule is CC1CN(C(=O)c2ccc(NC(=O)C3CC3C)cc2)CCC1C(=O)O. The molecule has 1 aromatic rings. The van der Waals surface area contributed by atoms with E-state index in [9.17, 15) is 19.5 Å². The van der Waals surface area contributed by atoms with Crippen LogP contribution in [0.25, 0.3) is 0 Å². The second-order valence-corrected chi connectivity index (χ2v) is 7.35.